The minimum atomic E-state index is -1.05. The number of benzene rings is 2. The molecule has 0 aliphatic rings. The van der Waals surface area contributed by atoms with E-state index in [0.717, 1.165) is 18.2 Å². The van der Waals surface area contributed by atoms with Crippen LogP contribution in [0.1, 0.15) is 6.92 Å². The highest BCUT2D eigenvalue weighted by molar-refractivity contribution is 6.35. The van der Waals surface area contributed by atoms with Crippen LogP contribution in [0.2, 0.25) is 10.0 Å². The lowest BCUT2D eigenvalue weighted by atomic mass is 10.3. The molecule has 140 valence electrons. The summed E-state index contributed by atoms with van der Waals surface area (Å²) >= 11 is 12.2. The van der Waals surface area contributed by atoms with Gasteiger partial charge in [-0.1, -0.05) is 23.2 Å². The molecule has 0 saturated heterocycles. The minimum absolute atomic E-state index is 0.0748. The molecule has 0 radical (unpaired) electrons. The molecule has 1 amide bonds. The summed E-state index contributed by atoms with van der Waals surface area (Å²) in [6.45, 7) is 2.26. The van der Waals surface area contributed by atoms with Crippen LogP contribution in [0.25, 0.3) is 0 Å². The summed E-state index contributed by atoms with van der Waals surface area (Å²) in [7, 11) is 0. The average Bonchev–Trinajstić information content (AvgIpc) is 2.54. The van der Waals surface area contributed by atoms with Gasteiger partial charge in [-0.15, -0.1) is 0 Å². The normalized spacial score (nSPS) is 10.5. The van der Waals surface area contributed by atoms with E-state index in [1.807, 2.05) is 0 Å². The minimum Gasteiger partial charge on any atom is -0.490 e. The molecule has 0 heterocycles. The number of amides is 1. The third-order valence-corrected chi connectivity index (χ3v) is 3.91. The fraction of sp³-hybridized carbons (Fsp3) is 0.235. The fourth-order valence-corrected chi connectivity index (χ4v) is 2.47. The molecule has 2 aromatic carbocycles. The highest BCUT2D eigenvalue weighted by Crippen LogP contribution is 2.38. The zero-order valence-corrected chi connectivity index (χ0v) is 15.2. The van der Waals surface area contributed by atoms with Crippen LogP contribution in [0.4, 0.5) is 13.6 Å². The molecule has 0 atom stereocenters. The van der Waals surface area contributed by atoms with Crippen LogP contribution in [0.15, 0.2) is 30.3 Å². The molecule has 26 heavy (non-hydrogen) atoms. The van der Waals surface area contributed by atoms with E-state index in [2.05, 4.69) is 0 Å². The molecule has 5 nitrogen and oxygen atoms in total. The average molecular weight is 406 g/mol. The van der Waals surface area contributed by atoms with Crippen molar-refractivity contribution in [1.82, 2.24) is 4.90 Å². The number of ether oxygens (including phenoxy) is 2. The molecule has 0 saturated carbocycles. The number of hydrogen-bond acceptors (Lipinski definition) is 3. The Morgan fingerprint density at radius 2 is 1.65 bits per heavy atom. The first-order valence-electron chi connectivity index (χ1n) is 7.53. The number of rotatable bonds is 7. The van der Waals surface area contributed by atoms with Gasteiger partial charge in [0, 0.05) is 36.9 Å². The lowest BCUT2D eigenvalue weighted by molar-refractivity contribution is 0.138. The van der Waals surface area contributed by atoms with E-state index in [1.165, 1.54) is 17.0 Å². The van der Waals surface area contributed by atoms with Gasteiger partial charge in [0.1, 0.15) is 35.5 Å². The third-order valence-electron chi connectivity index (χ3n) is 3.32. The highest BCUT2D eigenvalue weighted by atomic mass is 35.5. The van der Waals surface area contributed by atoms with Crippen molar-refractivity contribution in [1.29, 1.82) is 0 Å². The van der Waals surface area contributed by atoms with Gasteiger partial charge in [-0.2, -0.15) is 0 Å². The first-order valence-corrected chi connectivity index (χ1v) is 8.29. The van der Waals surface area contributed by atoms with Gasteiger partial charge < -0.3 is 19.5 Å². The lowest BCUT2D eigenvalue weighted by Gasteiger charge is -2.18. The Balaban J connectivity index is 2.08. The fourth-order valence-electron chi connectivity index (χ4n) is 2.07. The molecule has 0 aliphatic carbocycles. The summed E-state index contributed by atoms with van der Waals surface area (Å²) in [5.74, 6) is -1.33. The molecule has 9 heteroatoms. The SMILES string of the molecule is CCN(CCOc1cc(Cl)c(Oc2cc(F)cc(F)c2)cc1Cl)C(=O)O. The Kier molecular flexibility index (Phi) is 6.88. The standard InChI is InChI=1S/C17H15Cl2F2NO4/c1-2-22(17(23)24)3-4-25-15-8-14(19)16(9-13(15)18)26-12-6-10(20)5-11(21)7-12/h5-9H,2-4H2,1H3,(H,23,24). The van der Waals surface area contributed by atoms with E-state index in [0.29, 0.717) is 6.54 Å². The molecule has 0 spiro atoms. The van der Waals surface area contributed by atoms with Crippen molar-refractivity contribution >= 4 is 29.3 Å². The summed E-state index contributed by atoms with van der Waals surface area (Å²) in [4.78, 5) is 12.1. The van der Waals surface area contributed by atoms with E-state index in [1.54, 1.807) is 6.92 Å². The van der Waals surface area contributed by atoms with Crippen molar-refractivity contribution < 1.29 is 28.2 Å². The highest BCUT2D eigenvalue weighted by Gasteiger charge is 2.13. The molecular weight excluding hydrogens is 391 g/mol. The van der Waals surface area contributed by atoms with Crippen molar-refractivity contribution in [2.45, 2.75) is 6.92 Å². The Hall–Kier alpha value is -2.25. The number of carboxylic acid groups (broad SMARTS) is 1. The zero-order chi connectivity index (χ0) is 19.3. The number of carbonyl (C=O) groups is 1. The predicted molar refractivity (Wildman–Crippen MR) is 93.7 cm³/mol. The van der Waals surface area contributed by atoms with Gasteiger partial charge >= 0.3 is 6.09 Å². The van der Waals surface area contributed by atoms with Crippen molar-refractivity contribution in [3.63, 3.8) is 0 Å². The van der Waals surface area contributed by atoms with E-state index in [4.69, 9.17) is 37.8 Å². The molecule has 2 rings (SSSR count). The van der Waals surface area contributed by atoms with Gasteiger partial charge in [0.15, 0.2) is 0 Å². The van der Waals surface area contributed by atoms with Gasteiger partial charge in [0.2, 0.25) is 0 Å². The van der Waals surface area contributed by atoms with Crippen LogP contribution in [-0.4, -0.2) is 35.8 Å². The first-order chi connectivity index (χ1) is 12.3. The summed E-state index contributed by atoms with van der Waals surface area (Å²) in [6.07, 6.45) is -1.05. The first kappa shape index (κ1) is 20.1. The molecule has 0 aliphatic heterocycles. The summed E-state index contributed by atoms with van der Waals surface area (Å²) in [5.41, 5.74) is 0. The van der Waals surface area contributed by atoms with Crippen LogP contribution < -0.4 is 9.47 Å². The summed E-state index contributed by atoms with van der Waals surface area (Å²) in [6, 6.07) is 5.45. The van der Waals surface area contributed by atoms with Crippen molar-refractivity contribution in [2.24, 2.45) is 0 Å². The monoisotopic (exact) mass is 405 g/mol. The maximum atomic E-state index is 13.2. The Morgan fingerprint density at radius 3 is 2.23 bits per heavy atom. The van der Waals surface area contributed by atoms with Crippen LogP contribution >= 0.6 is 23.2 Å². The van der Waals surface area contributed by atoms with Crippen molar-refractivity contribution in [3.05, 3.63) is 52.0 Å². The summed E-state index contributed by atoms with van der Waals surface area (Å²) < 4.78 is 37.2. The number of likely N-dealkylation sites (N-methyl/N-ethyl adjacent to an activating group) is 1. The largest absolute Gasteiger partial charge is 0.490 e. The van der Waals surface area contributed by atoms with Crippen LogP contribution in [0, 0.1) is 11.6 Å². The van der Waals surface area contributed by atoms with Gasteiger partial charge in [-0.25, -0.2) is 13.6 Å². The second-order valence-electron chi connectivity index (χ2n) is 5.13. The summed E-state index contributed by atoms with van der Waals surface area (Å²) in [5, 5.41) is 9.20. The Morgan fingerprint density at radius 1 is 1.08 bits per heavy atom. The number of halogens is 4. The Labute approximate surface area is 158 Å². The molecule has 0 bridgehead atoms. The third kappa shape index (κ3) is 5.37. The van der Waals surface area contributed by atoms with Crippen LogP contribution in [0.3, 0.4) is 0 Å². The Bertz CT molecular complexity index is 784. The smallest absolute Gasteiger partial charge is 0.407 e. The number of hydrogen-bond donors (Lipinski definition) is 1. The van der Waals surface area contributed by atoms with E-state index in [9.17, 15) is 13.6 Å². The zero-order valence-electron chi connectivity index (χ0n) is 13.6. The van der Waals surface area contributed by atoms with E-state index < -0.39 is 17.7 Å². The van der Waals surface area contributed by atoms with Gasteiger partial charge in [-0.05, 0) is 6.92 Å². The molecule has 0 unspecified atom stereocenters. The van der Waals surface area contributed by atoms with E-state index in [-0.39, 0.29) is 40.4 Å². The second kappa shape index (κ2) is 8.91. The van der Waals surface area contributed by atoms with Gasteiger partial charge in [0.25, 0.3) is 0 Å². The van der Waals surface area contributed by atoms with Gasteiger partial charge in [-0.3, -0.25) is 0 Å². The lowest BCUT2D eigenvalue weighted by Crippen LogP contribution is -2.33. The maximum absolute atomic E-state index is 13.2. The van der Waals surface area contributed by atoms with Crippen molar-refractivity contribution in [3.8, 4) is 17.2 Å². The molecule has 0 aromatic heterocycles. The number of nitrogens with zero attached hydrogens (tertiary/aromatic N) is 1. The predicted octanol–water partition coefficient (Wildman–Crippen LogP) is 5.44. The molecule has 1 N–H and O–H groups in total. The van der Waals surface area contributed by atoms with Crippen LogP contribution in [0.5, 0.6) is 17.2 Å². The molecule has 2 aromatic rings. The second-order valence-corrected chi connectivity index (χ2v) is 5.95. The topological polar surface area (TPSA) is 59.0 Å². The van der Waals surface area contributed by atoms with E-state index >= 15 is 0 Å². The quantitative estimate of drug-likeness (QED) is 0.665. The van der Waals surface area contributed by atoms with Crippen LogP contribution in [-0.2, 0) is 0 Å². The molecular formula is C17H15Cl2F2NO4. The van der Waals surface area contributed by atoms with Gasteiger partial charge in [0.05, 0.1) is 16.6 Å². The maximum Gasteiger partial charge on any atom is 0.407 e. The van der Waals surface area contributed by atoms with Crippen molar-refractivity contribution in [2.75, 3.05) is 19.7 Å². The molecule has 0 fully saturated rings.